The number of furan rings is 1. The van der Waals surface area contributed by atoms with Gasteiger partial charge in [0.15, 0.2) is 0 Å². The molecule has 0 bridgehead atoms. The Morgan fingerprint density at radius 1 is 1.04 bits per heavy atom. The molecule has 3 aromatic heterocycles. The van der Waals surface area contributed by atoms with Crippen molar-refractivity contribution in [3.8, 4) is 10.6 Å². The molecule has 4 aromatic rings. The zero-order valence-electron chi connectivity index (χ0n) is 14.5. The summed E-state index contributed by atoms with van der Waals surface area (Å²) in [7, 11) is 0. The van der Waals surface area contributed by atoms with Crippen LogP contribution in [-0.2, 0) is 13.1 Å². The third-order valence-corrected chi connectivity index (χ3v) is 4.95. The lowest BCUT2D eigenvalue weighted by Crippen LogP contribution is -2.30. The van der Waals surface area contributed by atoms with Crippen LogP contribution >= 0.6 is 11.3 Å². The molecule has 1 amide bonds. The first-order chi connectivity index (χ1) is 13.3. The molecule has 6 heteroatoms. The van der Waals surface area contributed by atoms with Crippen molar-refractivity contribution >= 4 is 17.2 Å². The summed E-state index contributed by atoms with van der Waals surface area (Å²) in [6, 6.07) is 17.4. The van der Waals surface area contributed by atoms with E-state index in [1.807, 2.05) is 60.0 Å². The molecule has 0 saturated carbocycles. The number of benzene rings is 1. The minimum Gasteiger partial charge on any atom is -0.467 e. The second-order valence-corrected chi connectivity index (χ2v) is 6.86. The van der Waals surface area contributed by atoms with Crippen LogP contribution < -0.4 is 0 Å². The topological polar surface area (TPSA) is 59.2 Å². The van der Waals surface area contributed by atoms with Crippen LogP contribution in [0.3, 0.4) is 0 Å². The zero-order valence-corrected chi connectivity index (χ0v) is 15.3. The van der Waals surface area contributed by atoms with Crippen LogP contribution in [0.15, 0.2) is 83.1 Å². The number of nitrogens with zero attached hydrogens (tertiary/aromatic N) is 3. The number of carbonyl (C=O) groups excluding carboxylic acids is 1. The third-order valence-electron chi connectivity index (χ3n) is 4.05. The van der Waals surface area contributed by atoms with E-state index in [2.05, 4.69) is 9.97 Å². The van der Waals surface area contributed by atoms with Crippen molar-refractivity contribution in [1.82, 2.24) is 14.9 Å². The molecular formula is C21H17N3O2S. The highest BCUT2D eigenvalue weighted by Crippen LogP contribution is 2.24. The second-order valence-electron chi connectivity index (χ2n) is 6.01. The van der Waals surface area contributed by atoms with Crippen LogP contribution in [0.25, 0.3) is 10.6 Å². The molecule has 1 aromatic carbocycles. The molecule has 0 fully saturated rings. The molecule has 0 aliphatic heterocycles. The van der Waals surface area contributed by atoms with E-state index in [9.17, 15) is 4.79 Å². The first-order valence-electron chi connectivity index (χ1n) is 8.51. The summed E-state index contributed by atoms with van der Waals surface area (Å²) in [6.45, 7) is 0.810. The molecule has 134 valence electrons. The molecule has 0 spiro atoms. The van der Waals surface area contributed by atoms with Gasteiger partial charge in [-0.1, -0.05) is 36.4 Å². The molecule has 0 unspecified atom stereocenters. The SMILES string of the molecule is O=C(c1csc(-c2ccccc2)n1)N(Cc1cccnc1)Cc1ccco1. The smallest absolute Gasteiger partial charge is 0.274 e. The van der Waals surface area contributed by atoms with E-state index in [0.717, 1.165) is 21.9 Å². The number of thiazole rings is 1. The van der Waals surface area contributed by atoms with Gasteiger partial charge in [0.1, 0.15) is 16.5 Å². The van der Waals surface area contributed by atoms with Crippen molar-refractivity contribution < 1.29 is 9.21 Å². The van der Waals surface area contributed by atoms with Crippen LogP contribution in [0, 0.1) is 0 Å². The highest BCUT2D eigenvalue weighted by Gasteiger charge is 2.21. The van der Waals surface area contributed by atoms with E-state index in [0.29, 0.717) is 18.8 Å². The Balaban J connectivity index is 1.59. The number of rotatable bonds is 6. The molecule has 0 aliphatic carbocycles. The van der Waals surface area contributed by atoms with E-state index in [-0.39, 0.29) is 5.91 Å². The van der Waals surface area contributed by atoms with E-state index >= 15 is 0 Å². The Kier molecular flexibility index (Phi) is 5.07. The average Bonchev–Trinajstić information content (AvgIpc) is 3.41. The number of carbonyl (C=O) groups is 1. The van der Waals surface area contributed by atoms with Gasteiger partial charge < -0.3 is 9.32 Å². The van der Waals surface area contributed by atoms with Crippen LogP contribution in [0.5, 0.6) is 0 Å². The van der Waals surface area contributed by atoms with E-state index < -0.39 is 0 Å². The Hall–Kier alpha value is -3.25. The van der Waals surface area contributed by atoms with E-state index in [1.54, 1.807) is 23.6 Å². The predicted octanol–water partition coefficient (Wildman–Crippen LogP) is 4.64. The minimum atomic E-state index is -0.131. The fraction of sp³-hybridized carbons (Fsp3) is 0.0952. The van der Waals surface area contributed by atoms with E-state index in [1.165, 1.54) is 11.3 Å². The van der Waals surface area contributed by atoms with Gasteiger partial charge in [-0.05, 0) is 23.8 Å². The molecule has 0 saturated heterocycles. The molecule has 0 N–H and O–H groups in total. The van der Waals surface area contributed by atoms with Crippen molar-refractivity contribution in [1.29, 1.82) is 0 Å². The minimum absolute atomic E-state index is 0.131. The van der Waals surface area contributed by atoms with Gasteiger partial charge >= 0.3 is 0 Å². The van der Waals surface area contributed by atoms with Crippen LogP contribution in [-0.4, -0.2) is 20.8 Å². The van der Waals surface area contributed by atoms with Gasteiger partial charge in [0, 0.05) is 29.9 Å². The Morgan fingerprint density at radius 3 is 2.67 bits per heavy atom. The van der Waals surface area contributed by atoms with Crippen molar-refractivity contribution in [2.45, 2.75) is 13.1 Å². The van der Waals surface area contributed by atoms with Gasteiger partial charge in [-0.2, -0.15) is 0 Å². The van der Waals surface area contributed by atoms with Crippen LogP contribution in [0.2, 0.25) is 0 Å². The molecule has 5 nitrogen and oxygen atoms in total. The Labute approximate surface area is 160 Å². The lowest BCUT2D eigenvalue weighted by atomic mass is 10.2. The summed E-state index contributed by atoms with van der Waals surface area (Å²) < 4.78 is 5.43. The highest BCUT2D eigenvalue weighted by molar-refractivity contribution is 7.13. The van der Waals surface area contributed by atoms with Crippen molar-refractivity contribution in [3.63, 3.8) is 0 Å². The number of aromatic nitrogens is 2. The Morgan fingerprint density at radius 2 is 1.93 bits per heavy atom. The van der Waals surface area contributed by atoms with Gasteiger partial charge in [-0.3, -0.25) is 9.78 Å². The monoisotopic (exact) mass is 375 g/mol. The molecule has 0 radical (unpaired) electrons. The summed E-state index contributed by atoms with van der Waals surface area (Å²) in [6.07, 6.45) is 5.09. The summed E-state index contributed by atoms with van der Waals surface area (Å²) in [5, 5.41) is 2.64. The van der Waals surface area contributed by atoms with Crippen molar-refractivity contribution in [2.24, 2.45) is 0 Å². The maximum Gasteiger partial charge on any atom is 0.274 e. The van der Waals surface area contributed by atoms with Gasteiger partial charge in [0.05, 0.1) is 12.8 Å². The second kappa shape index (κ2) is 7.97. The maximum atomic E-state index is 13.1. The summed E-state index contributed by atoms with van der Waals surface area (Å²) in [4.78, 5) is 23.5. The largest absolute Gasteiger partial charge is 0.467 e. The summed E-state index contributed by atoms with van der Waals surface area (Å²) in [5.41, 5.74) is 2.40. The normalized spacial score (nSPS) is 10.7. The standard InChI is InChI=1S/C21H17N3O2S/c25-21(19-15-27-20(23-19)17-7-2-1-3-8-17)24(14-18-9-5-11-26-18)13-16-6-4-10-22-12-16/h1-12,15H,13-14H2. The average molecular weight is 375 g/mol. The van der Waals surface area contributed by atoms with Gasteiger partial charge in [0.2, 0.25) is 0 Å². The lowest BCUT2D eigenvalue weighted by molar-refractivity contribution is 0.0712. The number of amides is 1. The quantitative estimate of drug-likeness (QED) is 0.493. The van der Waals surface area contributed by atoms with Gasteiger partial charge in [-0.15, -0.1) is 11.3 Å². The van der Waals surface area contributed by atoms with Crippen molar-refractivity contribution in [2.75, 3.05) is 0 Å². The summed E-state index contributed by atoms with van der Waals surface area (Å²) in [5.74, 6) is 0.597. The number of pyridine rings is 1. The molecular weight excluding hydrogens is 358 g/mol. The van der Waals surface area contributed by atoms with Crippen molar-refractivity contribution in [3.05, 3.63) is 95.7 Å². The number of hydrogen-bond donors (Lipinski definition) is 0. The molecule has 4 rings (SSSR count). The predicted molar refractivity (Wildman–Crippen MR) is 104 cm³/mol. The zero-order chi connectivity index (χ0) is 18.5. The first-order valence-corrected chi connectivity index (χ1v) is 9.39. The molecule has 27 heavy (non-hydrogen) atoms. The number of hydrogen-bond acceptors (Lipinski definition) is 5. The third kappa shape index (κ3) is 4.12. The fourth-order valence-electron chi connectivity index (χ4n) is 2.75. The maximum absolute atomic E-state index is 13.1. The molecule has 0 aliphatic rings. The Bertz CT molecular complexity index is 998. The van der Waals surface area contributed by atoms with Crippen LogP contribution in [0.1, 0.15) is 21.8 Å². The van der Waals surface area contributed by atoms with E-state index in [4.69, 9.17) is 4.42 Å². The molecule has 3 heterocycles. The highest BCUT2D eigenvalue weighted by atomic mass is 32.1. The lowest BCUT2D eigenvalue weighted by Gasteiger charge is -2.20. The van der Waals surface area contributed by atoms with Gasteiger partial charge in [0.25, 0.3) is 5.91 Å². The van der Waals surface area contributed by atoms with Gasteiger partial charge in [-0.25, -0.2) is 4.98 Å². The first kappa shape index (κ1) is 17.2. The molecule has 0 atom stereocenters. The summed E-state index contributed by atoms with van der Waals surface area (Å²) >= 11 is 1.47. The van der Waals surface area contributed by atoms with Crippen LogP contribution in [0.4, 0.5) is 0 Å². The fourth-order valence-corrected chi connectivity index (χ4v) is 3.55.